The van der Waals surface area contributed by atoms with Gasteiger partial charge in [-0.2, -0.15) is 0 Å². The minimum Gasteiger partial charge on any atom is -0.494 e. The molecule has 2 N–H and O–H groups in total. The van der Waals surface area contributed by atoms with Gasteiger partial charge in [0.15, 0.2) is 0 Å². The summed E-state index contributed by atoms with van der Waals surface area (Å²) in [6.07, 6.45) is 0. The van der Waals surface area contributed by atoms with Crippen molar-refractivity contribution in [1.82, 2.24) is 14.5 Å². The Morgan fingerprint density at radius 2 is 2.00 bits per heavy atom. The normalized spacial score (nSPS) is 11.5. The van der Waals surface area contributed by atoms with Crippen molar-refractivity contribution in [2.45, 2.75) is 33.9 Å². The van der Waals surface area contributed by atoms with Crippen LogP contribution in [0.2, 0.25) is 0 Å². The Morgan fingerprint density at radius 3 is 2.62 bits per heavy atom. The van der Waals surface area contributed by atoms with Gasteiger partial charge in [0.05, 0.1) is 24.2 Å². The summed E-state index contributed by atoms with van der Waals surface area (Å²) in [5, 5.41) is 0. The molecular weight excluding hydrogens is 264 g/mol. The van der Waals surface area contributed by atoms with Gasteiger partial charge >= 0.3 is 0 Å². The van der Waals surface area contributed by atoms with E-state index in [9.17, 15) is 0 Å². The Hall–Kier alpha value is -1.59. The molecule has 0 radical (unpaired) electrons. The van der Waals surface area contributed by atoms with Gasteiger partial charge in [-0.3, -0.25) is 4.90 Å². The molecule has 0 atom stereocenters. The highest BCUT2D eigenvalue weighted by Crippen LogP contribution is 2.22. The molecular formula is C16H26N4O. The number of hydrogen-bond donors (Lipinski definition) is 1. The second-order valence-electron chi connectivity index (χ2n) is 5.01. The third kappa shape index (κ3) is 3.54. The van der Waals surface area contributed by atoms with Crippen molar-refractivity contribution in [1.29, 1.82) is 0 Å². The zero-order valence-corrected chi connectivity index (χ0v) is 13.3. The molecule has 0 aliphatic heterocycles. The summed E-state index contributed by atoms with van der Waals surface area (Å²) in [5.74, 6) is 1.95. The average Bonchev–Trinajstić information content (AvgIpc) is 2.82. The molecule has 2 aromatic rings. The summed E-state index contributed by atoms with van der Waals surface area (Å²) in [6, 6.07) is 6.09. The Morgan fingerprint density at radius 1 is 1.24 bits per heavy atom. The van der Waals surface area contributed by atoms with Crippen LogP contribution in [0, 0.1) is 0 Å². The predicted molar refractivity (Wildman–Crippen MR) is 86.6 cm³/mol. The SMILES string of the molecule is CCOc1ccc2c(c1)nc(CN(CC)CC)n2CCN. The minimum absolute atomic E-state index is 0.615. The van der Waals surface area contributed by atoms with E-state index in [4.69, 9.17) is 15.5 Å². The van der Waals surface area contributed by atoms with Gasteiger partial charge in [-0.15, -0.1) is 0 Å². The van der Waals surface area contributed by atoms with Crippen LogP contribution >= 0.6 is 0 Å². The van der Waals surface area contributed by atoms with Crippen molar-refractivity contribution in [3.8, 4) is 5.75 Å². The van der Waals surface area contributed by atoms with E-state index in [1.165, 1.54) is 0 Å². The number of fused-ring (bicyclic) bond motifs is 1. The summed E-state index contributed by atoms with van der Waals surface area (Å²) < 4.78 is 7.79. The van der Waals surface area contributed by atoms with Crippen LogP contribution in [0.15, 0.2) is 18.2 Å². The van der Waals surface area contributed by atoms with Crippen molar-refractivity contribution in [2.24, 2.45) is 5.73 Å². The topological polar surface area (TPSA) is 56.3 Å². The number of aromatic nitrogens is 2. The van der Waals surface area contributed by atoms with Crippen molar-refractivity contribution >= 4 is 11.0 Å². The van der Waals surface area contributed by atoms with Crippen LogP contribution in [0.1, 0.15) is 26.6 Å². The third-order valence-electron chi connectivity index (χ3n) is 3.72. The molecule has 116 valence electrons. The van der Waals surface area contributed by atoms with Gasteiger partial charge in [-0.05, 0) is 32.1 Å². The number of hydrogen-bond acceptors (Lipinski definition) is 4. The molecule has 0 aliphatic carbocycles. The van der Waals surface area contributed by atoms with Crippen LogP contribution in [0.25, 0.3) is 11.0 Å². The van der Waals surface area contributed by atoms with E-state index in [1.807, 2.05) is 19.1 Å². The highest BCUT2D eigenvalue weighted by Gasteiger charge is 2.13. The fraction of sp³-hybridized carbons (Fsp3) is 0.562. The summed E-state index contributed by atoms with van der Waals surface area (Å²) >= 11 is 0. The van der Waals surface area contributed by atoms with E-state index < -0.39 is 0 Å². The van der Waals surface area contributed by atoms with E-state index in [1.54, 1.807) is 0 Å². The molecule has 1 heterocycles. The van der Waals surface area contributed by atoms with Crippen molar-refractivity contribution < 1.29 is 4.74 Å². The zero-order valence-electron chi connectivity index (χ0n) is 13.3. The smallest absolute Gasteiger partial charge is 0.124 e. The largest absolute Gasteiger partial charge is 0.494 e. The third-order valence-corrected chi connectivity index (χ3v) is 3.72. The van der Waals surface area contributed by atoms with E-state index in [0.29, 0.717) is 13.2 Å². The molecule has 0 amide bonds. The van der Waals surface area contributed by atoms with E-state index >= 15 is 0 Å². The first kappa shape index (κ1) is 15.8. The van der Waals surface area contributed by atoms with Gasteiger partial charge < -0.3 is 15.0 Å². The van der Waals surface area contributed by atoms with Gasteiger partial charge in [0.1, 0.15) is 11.6 Å². The number of ether oxygens (including phenoxy) is 1. The van der Waals surface area contributed by atoms with Gasteiger partial charge in [0, 0.05) is 19.2 Å². The molecule has 0 spiro atoms. The Labute approximate surface area is 126 Å². The first-order valence-corrected chi connectivity index (χ1v) is 7.77. The molecule has 0 aliphatic rings. The van der Waals surface area contributed by atoms with Crippen LogP contribution in [0.4, 0.5) is 0 Å². The molecule has 21 heavy (non-hydrogen) atoms. The quantitative estimate of drug-likeness (QED) is 0.810. The molecule has 5 nitrogen and oxygen atoms in total. The summed E-state index contributed by atoms with van der Waals surface area (Å²) in [5.41, 5.74) is 7.88. The molecule has 0 unspecified atom stereocenters. The lowest BCUT2D eigenvalue weighted by Crippen LogP contribution is -2.25. The lowest BCUT2D eigenvalue weighted by Gasteiger charge is -2.18. The highest BCUT2D eigenvalue weighted by molar-refractivity contribution is 5.77. The van der Waals surface area contributed by atoms with Crippen molar-refractivity contribution in [3.63, 3.8) is 0 Å². The van der Waals surface area contributed by atoms with Gasteiger partial charge in [0.25, 0.3) is 0 Å². The Kier molecular flexibility index (Phi) is 5.59. The van der Waals surface area contributed by atoms with Crippen LogP contribution in [0.3, 0.4) is 0 Å². The lowest BCUT2D eigenvalue weighted by molar-refractivity contribution is 0.284. The first-order chi connectivity index (χ1) is 10.2. The van der Waals surface area contributed by atoms with Crippen molar-refractivity contribution in [3.05, 3.63) is 24.0 Å². The number of nitrogens with two attached hydrogens (primary N) is 1. The van der Waals surface area contributed by atoms with Gasteiger partial charge in [0.2, 0.25) is 0 Å². The monoisotopic (exact) mass is 290 g/mol. The maximum atomic E-state index is 5.77. The van der Waals surface area contributed by atoms with Crippen LogP contribution in [-0.4, -0.2) is 40.7 Å². The highest BCUT2D eigenvalue weighted by atomic mass is 16.5. The fourth-order valence-corrected chi connectivity index (χ4v) is 2.56. The minimum atomic E-state index is 0.615. The standard InChI is InChI=1S/C16H26N4O/c1-4-19(5-2)12-16-18-14-11-13(21-6-3)7-8-15(14)20(16)10-9-17/h7-8,11H,4-6,9-10,12,17H2,1-3H3. The van der Waals surface area contributed by atoms with Crippen LogP contribution < -0.4 is 10.5 Å². The first-order valence-electron chi connectivity index (χ1n) is 7.77. The fourth-order valence-electron chi connectivity index (χ4n) is 2.56. The second kappa shape index (κ2) is 7.43. The van der Waals surface area contributed by atoms with Crippen LogP contribution in [-0.2, 0) is 13.1 Å². The zero-order chi connectivity index (χ0) is 15.2. The number of benzene rings is 1. The van der Waals surface area contributed by atoms with Gasteiger partial charge in [-0.25, -0.2) is 4.98 Å². The summed E-state index contributed by atoms with van der Waals surface area (Å²) in [7, 11) is 0. The Balaban J connectivity index is 2.40. The number of rotatable bonds is 8. The Bertz CT molecular complexity index is 575. The molecule has 0 saturated carbocycles. The average molecular weight is 290 g/mol. The number of nitrogens with zero attached hydrogens (tertiary/aromatic N) is 3. The summed E-state index contributed by atoms with van der Waals surface area (Å²) in [4.78, 5) is 7.15. The molecule has 0 bridgehead atoms. The van der Waals surface area contributed by atoms with E-state index in [0.717, 1.165) is 48.8 Å². The molecule has 2 rings (SSSR count). The maximum Gasteiger partial charge on any atom is 0.124 e. The molecule has 0 fully saturated rings. The molecule has 0 saturated heterocycles. The van der Waals surface area contributed by atoms with E-state index in [2.05, 4.69) is 29.4 Å². The second-order valence-corrected chi connectivity index (χ2v) is 5.01. The lowest BCUT2D eigenvalue weighted by atomic mass is 10.3. The molecule has 1 aromatic carbocycles. The van der Waals surface area contributed by atoms with E-state index in [-0.39, 0.29) is 0 Å². The van der Waals surface area contributed by atoms with Crippen molar-refractivity contribution in [2.75, 3.05) is 26.2 Å². The molecule has 1 aromatic heterocycles. The van der Waals surface area contributed by atoms with Crippen LogP contribution in [0.5, 0.6) is 5.75 Å². The molecule has 5 heteroatoms. The maximum absolute atomic E-state index is 5.77. The van der Waals surface area contributed by atoms with Gasteiger partial charge in [-0.1, -0.05) is 13.8 Å². The summed E-state index contributed by atoms with van der Waals surface area (Å²) in [6.45, 7) is 11.3. The number of imidazole rings is 1. The predicted octanol–water partition coefficient (Wildman–Crippen LogP) is 2.24.